The van der Waals surface area contributed by atoms with E-state index in [4.69, 9.17) is 4.74 Å². The summed E-state index contributed by atoms with van der Waals surface area (Å²) in [4.78, 5) is 5.12. The normalized spacial score (nSPS) is 27.6. The Morgan fingerprint density at radius 1 is 0.900 bits per heavy atom. The van der Waals surface area contributed by atoms with Crippen molar-refractivity contribution >= 4 is 29.2 Å². The topological polar surface area (TPSA) is 36.3 Å². The van der Waals surface area contributed by atoms with Gasteiger partial charge in [-0.15, -0.1) is 0 Å². The van der Waals surface area contributed by atoms with Crippen molar-refractivity contribution < 1.29 is 4.74 Å². The summed E-state index contributed by atoms with van der Waals surface area (Å²) < 4.78 is 6.07. The van der Waals surface area contributed by atoms with Gasteiger partial charge in [-0.3, -0.25) is 0 Å². The van der Waals surface area contributed by atoms with Crippen molar-refractivity contribution in [3.05, 3.63) is 111 Å². The molecule has 9 rings (SSSR count). The SMILES string of the molecule is COc1ccc(N2CCCc3cc(/C=C/C4=C(Sc5c(C)cccc5C)C(=C/C#N)/CC(C)(C)C4)ccc32)cc1C12CC3CC(CC(C3)C1)C2. The van der Waals surface area contributed by atoms with Crippen LogP contribution in [0, 0.1) is 48.3 Å². The van der Waals surface area contributed by atoms with Crippen LogP contribution >= 0.6 is 11.8 Å². The number of nitrogens with zero attached hydrogens (tertiary/aromatic N) is 2. The molecule has 4 heteroatoms. The summed E-state index contributed by atoms with van der Waals surface area (Å²) in [6.45, 7) is 10.1. The van der Waals surface area contributed by atoms with Gasteiger partial charge in [-0.05, 0) is 170 Å². The molecule has 0 atom stereocenters. The van der Waals surface area contributed by atoms with Crippen molar-refractivity contribution in [1.29, 1.82) is 5.26 Å². The first-order valence-electron chi connectivity index (χ1n) is 19.0. The zero-order valence-corrected chi connectivity index (χ0v) is 31.5. The molecule has 50 heavy (non-hydrogen) atoms. The van der Waals surface area contributed by atoms with Gasteiger partial charge in [0.05, 0.1) is 13.2 Å². The molecule has 0 saturated heterocycles. The lowest BCUT2D eigenvalue weighted by Gasteiger charge is -2.57. The predicted molar refractivity (Wildman–Crippen MR) is 209 cm³/mol. The van der Waals surface area contributed by atoms with Gasteiger partial charge in [-0.2, -0.15) is 5.26 Å². The van der Waals surface area contributed by atoms with Gasteiger partial charge in [0, 0.05) is 39.4 Å². The lowest BCUT2D eigenvalue weighted by Crippen LogP contribution is -2.48. The van der Waals surface area contributed by atoms with Crippen LogP contribution in [0.3, 0.4) is 0 Å². The van der Waals surface area contributed by atoms with Crippen molar-refractivity contribution in [3.8, 4) is 11.8 Å². The lowest BCUT2D eigenvalue weighted by molar-refractivity contribution is -0.00613. The molecule has 0 radical (unpaired) electrons. The van der Waals surface area contributed by atoms with E-state index >= 15 is 0 Å². The van der Waals surface area contributed by atoms with Crippen molar-refractivity contribution in [2.45, 2.75) is 102 Å². The van der Waals surface area contributed by atoms with Gasteiger partial charge < -0.3 is 9.64 Å². The molecule has 0 unspecified atom stereocenters. The number of aryl methyl sites for hydroxylation is 3. The maximum absolute atomic E-state index is 9.76. The number of rotatable bonds is 7. The van der Waals surface area contributed by atoms with E-state index in [9.17, 15) is 5.26 Å². The quantitative estimate of drug-likeness (QED) is 0.233. The van der Waals surface area contributed by atoms with E-state index < -0.39 is 0 Å². The number of thioether (sulfide) groups is 1. The third-order valence-corrected chi connectivity index (χ3v) is 14.2. The molecule has 6 aliphatic rings. The van der Waals surface area contributed by atoms with E-state index in [1.807, 2.05) is 18.9 Å². The number of nitriles is 1. The molecular formula is C46H52N2OS. The Kier molecular flexibility index (Phi) is 8.79. The summed E-state index contributed by atoms with van der Waals surface area (Å²) in [5.74, 6) is 3.81. The van der Waals surface area contributed by atoms with Crippen LogP contribution in [0.4, 0.5) is 11.4 Å². The Balaban J connectivity index is 1.11. The maximum atomic E-state index is 9.76. The molecule has 3 aromatic carbocycles. The van der Waals surface area contributed by atoms with Crippen molar-refractivity contribution in [2.75, 3.05) is 18.6 Å². The Morgan fingerprint density at radius 2 is 1.62 bits per heavy atom. The van der Waals surface area contributed by atoms with Crippen LogP contribution in [0.5, 0.6) is 5.75 Å². The van der Waals surface area contributed by atoms with Crippen LogP contribution in [0.15, 0.2) is 87.7 Å². The van der Waals surface area contributed by atoms with Crippen LogP contribution in [-0.2, 0) is 11.8 Å². The molecule has 0 spiro atoms. The average molecular weight is 681 g/mol. The third-order valence-electron chi connectivity index (χ3n) is 12.6. The summed E-state index contributed by atoms with van der Waals surface area (Å²) in [5, 5.41) is 9.76. The van der Waals surface area contributed by atoms with Crippen molar-refractivity contribution in [2.24, 2.45) is 23.2 Å². The molecule has 1 aliphatic heterocycles. The Morgan fingerprint density at radius 3 is 2.30 bits per heavy atom. The van der Waals surface area contributed by atoms with Gasteiger partial charge in [-0.25, -0.2) is 0 Å². The summed E-state index contributed by atoms with van der Waals surface area (Å²) >= 11 is 1.85. The molecule has 3 aromatic rings. The first-order chi connectivity index (χ1) is 24.1. The predicted octanol–water partition coefficient (Wildman–Crippen LogP) is 12.2. The number of ether oxygens (including phenoxy) is 1. The Labute approximate surface area is 304 Å². The fraction of sp³-hybridized carbons (Fsp3) is 0.457. The fourth-order valence-corrected chi connectivity index (χ4v) is 12.1. The zero-order valence-electron chi connectivity index (χ0n) is 30.6. The van der Waals surface area contributed by atoms with Crippen molar-refractivity contribution in [3.63, 3.8) is 0 Å². The minimum Gasteiger partial charge on any atom is -0.496 e. The van der Waals surface area contributed by atoms with Gasteiger partial charge in [0.1, 0.15) is 5.75 Å². The molecule has 4 fully saturated rings. The van der Waals surface area contributed by atoms with E-state index in [0.717, 1.165) is 61.3 Å². The Bertz CT molecular complexity index is 1900. The minimum absolute atomic E-state index is 0.0942. The largest absolute Gasteiger partial charge is 0.496 e. The van der Waals surface area contributed by atoms with E-state index in [2.05, 4.69) is 105 Å². The molecule has 5 aliphatic carbocycles. The monoisotopic (exact) mass is 680 g/mol. The molecule has 1 heterocycles. The van der Waals surface area contributed by atoms with E-state index in [1.54, 1.807) is 6.08 Å². The molecule has 0 amide bonds. The molecule has 4 saturated carbocycles. The first-order valence-corrected chi connectivity index (χ1v) is 19.8. The highest BCUT2D eigenvalue weighted by molar-refractivity contribution is 8.03. The van der Waals surface area contributed by atoms with Crippen LogP contribution in [0.1, 0.15) is 99.5 Å². The fourth-order valence-electron chi connectivity index (χ4n) is 10.9. The molecule has 4 bridgehead atoms. The summed E-state index contributed by atoms with van der Waals surface area (Å²) in [6.07, 6.45) is 19.0. The minimum atomic E-state index is 0.0942. The third kappa shape index (κ3) is 6.25. The van der Waals surface area contributed by atoms with Gasteiger partial charge in [-0.1, -0.05) is 62.0 Å². The second-order valence-corrected chi connectivity index (χ2v) is 18.1. The highest BCUT2D eigenvalue weighted by atomic mass is 32.2. The second kappa shape index (κ2) is 13.1. The number of allylic oxidation sites excluding steroid dienone is 4. The number of fused-ring (bicyclic) bond motifs is 1. The smallest absolute Gasteiger partial charge is 0.122 e. The molecule has 258 valence electrons. The summed E-state index contributed by atoms with van der Waals surface area (Å²) in [5.41, 5.74) is 12.3. The summed E-state index contributed by atoms with van der Waals surface area (Å²) in [6, 6.07) is 23.0. The number of anilines is 2. The van der Waals surface area contributed by atoms with E-state index in [0.29, 0.717) is 5.41 Å². The second-order valence-electron chi connectivity index (χ2n) is 17.1. The highest BCUT2D eigenvalue weighted by Gasteiger charge is 2.52. The number of methoxy groups -OCH3 is 1. The lowest BCUT2D eigenvalue weighted by atomic mass is 9.48. The van der Waals surface area contributed by atoms with E-state index in [1.165, 1.54) is 93.1 Å². The molecule has 3 nitrogen and oxygen atoms in total. The first kappa shape index (κ1) is 33.5. The van der Waals surface area contributed by atoms with Crippen LogP contribution < -0.4 is 9.64 Å². The van der Waals surface area contributed by atoms with Crippen LogP contribution in [0.2, 0.25) is 0 Å². The van der Waals surface area contributed by atoms with E-state index in [-0.39, 0.29) is 5.41 Å². The Hall–Kier alpha value is -3.68. The van der Waals surface area contributed by atoms with Crippen LogP contribution in [0.25, 0.3) is 6.08 Å². The van der Waals surface area contributed by atoms with Gasteiger partial charge in [0.25, 0.3) is 0 Å². The number of hydrogen-bond donors (Lipinski definition) is 0. The number of hydrogen-bond acceptors (Lipinski definition) is 4. The number of benzene rings is 3. The molecular weight excluding hydrogens is 629 g/mol. The maximum Gasteiger partial charge on any atom is 0.122 e. The molecule has 0 aromatic heterocycles. The summed E-state index contributed by atoms with van der Waals surface area (Å²) in [7, 11) is 1.86. The standard InChI is InChI=1S/C46H52N2OS/c1-30-8-6-9-31(2)43(30)50-44-37(28-45(3,4)29-38(44)17-18-47)13-11-32-12-15-41-36(23-32)10-7-19-48(41)39-14-16-42(49-5)40(24-39)46-25-33-20-34(26-46)22-35(21-33)27-46/h6,8-9,11-17,23-24,33-35H,7,10,19-22,25-29H2,1-5H3/b13-11+,38-17+. The van der Waals surface area contributed by atoms with Gasteiger partial charge in [0.15, 0.2) is 0 Å². The van der Waals surface area contributed by atoms with Crippen molar-refractivity contribution in [1.82, 2.24) is 0 Å². The molecule has 0 N–H and O–H groups in total. The van der Waals surface area contributed by atoms with Crippen LogP contribution in [-0.4, -0.2) is 13.7 Å². The zero-order chi connectivity index (χ0) is 34.6. The highest BCUT2D eigenvalue weighted by Crippen LogP contribution is 2.62. The average Bonchev–Trinajstić information content (AvgIpc) is 3.08. The van der Waals surface area contributed by atoms with Gasteiger partial charge >= 0.3 is 0 Å². The van der Waals surface area contributed by atoms with Gasteiger partial charge in [0.2, 0.25) is 0 Å².